The minimum Gasteiger partial charge on any atom is -0.289 e. The summed E-state index contributed by atoms with van der Waals surface area (Å²) in [5.41, 5.74) is 0.215. The third kappa shape index (κ3) is 1.07. The average Bonchev–Trinajstić information content (AvgIpc) is 2.30. The smallest absolute Gasteiger partial charge is 0.289 e. The van der Waals surface area contributed by atoms with Gasteiger partial charge in [0, 0.05) is 0 Å². The van der Waals surface area contributed by atoms with Crippen molar-refractivity contribution < 1.29 is 0 Å². The Morgan fingerprint density at radius 1 is 1.00 bits per heavy atom. The van der Waals surface area contributed by atoms with Crippen LogP contribution < -0.4 is 5.69 Å². The first-order valence-electron chi connectivity index (χ1n) is 2.98. The molecule has 2 aromatic rings. The Morgan fingerprint density at radius 3 is 1.83 bits per heavy atom. The number of nitrogens with one attached hydrogen (secondary N) is 2. The highest BCUT2D eigenvalue weighted by Gasteiger charge is 2.05. The highest BCUT2D eigenvalue weighted by Crippen LogP contribution is 2.17. The summed E-state index contributed by atoms with van der Waals surface area (Å²) in [5.74, 6) is 0. The molecule has 12 heavy (non-hydrogen) atoms. The molecule has 0 aliphatic heterocycles. The SMILES string of the molecule is O=c1[nH]c2nc(Cl)c(Cl)nc2[nH]1. The Hall–Kier alpha value is -1.07. The normalized spacial score (nSPS) is 10.8. The van der Waals surface area contributed by atoms with E-state index in [4.69, 9.17) is 23.2 Å². The molecule has 62 valence electrons. The Labute approximate surface area is 75.7 Å². The van der Waals surface area contributed by atoms with Gasteiger partial charge in [-0.05, 0) is 0 Å². The van der Waals surface area contributed by atoms with Gasteiger partial charge in [-0.15, -0.1) is 0 Å². The van der Waals surface area contributed by atoms with E-state index >= 15 is 0 Å². The summed E-state index contributed by atoms with van der Waals surface area (Å²) in [6.07, 6.45) is 0. The second kappa shape index (κ2) is 2.46. The molecule has 0 spiro atoms. The number of fused-ring (bicyclic) bond motifs is 1. The molecule has 0 bridgehead atoms. The zero-order chi connectivity index (χ0) is 8.72. The summed E-state index contributed by atoms with van der Waals surface area (Å²) in [5, 5.41) is 0.138. The van der Waals surface area contributed by atoms with E-state index < -0.39 is 0 Å². The zero-order valence-electron chi connectivity index (χ0n) is 5.56. The van der Waals surface area contributed by atoms with Gasteiger partial charge in [-0.25, -0.2) is 14.8 Å². The van der Waals surface area contributed by atoms with Gasteiger partial charge >= 0.3 is 5.69 Å². The molecular weight excluding hydrogens is 203 g/mol. The largest absolute Gasteiger partial charge is 0.326 e. The molecule has 0 fully saturated rings. The number of imidazole rings is 1. The van der Waals surface area contributed by atoms with E-state index in [-0.39, 0.29) is 16.0 Å². The van der Waals surface area contributed by atoms with Crippen LogP contribution in [0.5, 0.6) is 0 Å². The fourth-order valence-electron chi connectivity index (χ4n) is 0.815. The van der Waals surface area contributed by atoms with Crippen LogP contribution in [0.25, 0.3) is 11.3 Å². The first kappa shape index (κ1) is 7.57. The van der Waals surface area contributed by atoms with Crippen LogP contribution in [0.3, 0.4) is 0 Å². The molecule has 2 aromatic heterocycles. The number of hydrogen-bond donors (Lipinski definition) is 2. The van der Waals surface area contributed by atoms with Gasteiger partial charge in [0.05, 0.1) is 0 Å². The van der Waals surface area contributed by atoms with Crippen molar-refractivity contribution in [3.63, 3.8) is 0 Å². The summed E-state index contributed by atoms with van der Waals surface area (Å²) in [6.45, 7) is 0. The molecule has 0 saturated heterocycles. The number of nitrogens with zero attached hydrogens (tertiary/aromatic N) is 2. The van der Waals surface area contributed by atoms with E-state index in [1.165, 1.54) is 0 Å². The van der Waals surface area contributed by atoms with Crippen LogP contribution in [0.2, 0.25) is 10.3 Å². The van der Waals surface area contributed by atoms with Gasteiger partial charge in [0.1, 0.15) is 0 Å². The van der Waals surface area contributed by atoms with Crippen molar-refractivity contribution >= 4 is 34.5 Å². The van der Waals surface area contributed by atoms with E-state index in [0.29, 0.717) is 11.3 Å². The van der Waals surface area contributed by atoms with E-state index in [1.54, 1.807) is 0 Å². The Morgan fingerprint density at radius 2 is 1.42 bits per heavy atom. The Bertz CT molecular complexity index is 446. The van der Waals surface area contributed by atoms with Crippen LogP contribution in [-0.2, 0) is 0 Å². The molecule has 0 radical (unpaired) electrons. The van der Waals surface area contributed by atoms with Crippen molar-refractivity contribution in [2.45, 2.75) is 0 Å². The lowest BCUT2D eigenvalue weighted by atomic mass is 10.7. The molecule has 0 aliphatic carbocycles. The number of aromatic nitrogens is 4. The lowest BCUT2D eigenvalue weighted by molar-refractivity contribution is 1.20. The standard InChI is InChI=1S/C5H2Cl2N4O/c6-1-2(7)9-4-3(8-1)10-5(12)11-4/h(H2,8,9,10,11,12). The molecule has 0 aromatic carbocycles. The van der Waals surface area contributed by atoms with Crippen molar-refractivity contribution in [2.75, 3.05) is 0 Å². The summed E-state index contributed by atoms with van der Waals surface area (Å²) in [4.78, 5) is 23.1. The third-order valence-electron chi connectivity index (χ3n) is 1.28. The molecule has 5 nitrogen and oxygen atoms in total. The van der Waals surface area contributed by atoms with Crippen LogP contribution in [-0.4, -0.2) is 19.9 Å². The highest BCUT2D eigenvalue weighted by atomic mass is 35.5. The monoisotopic (exact) mass is 204 g/mol. The van der Waals surface area contributed by atoms with E-state index in [1.807, 2.05) is 0 Å². The van der Waals surface area contributed by atoms with Gasteiger partial charge in [0.25, 0.3) is 0 Å². The lowest BCUT2D eigenvalue weighted by Crippen LogP contribution is -1.99. The van der Waals surface area contributed by atoms with Crippen molar-refractivity contribution in [1.29, 1.82) is 0 Å². The quantitative estimate of drug-likeness (QED) is 0.672. The van der Waals surface area contributed by atoms with Crippen molar-refractivity contribution in [3.05, 3.63) is 20.8 Å². The molecule has 0 unspecified atom stereocenters. The van der Waals surface area contributed by atoms with Gasteiger partial charge in [-0.1, -0.05) is 23.2 Å². The maximum atomic E-state index is 10.7. The minimum atomic E-state index is -0.386. The van der Waals surface area contributed by atoms with Crippen molar-refractivity contribution in [1.82, 2.24) is 19.9 Å². The topological polar surface area (TPSA) is 74.4 Å². The zero-order valence-corrected chi connectivity index (χ0v) is 7.07. The Balaban J connectivity index is 2.92. The summed E-state index contributed by atoms with van der Waals surface area (Å²) in [7, 11) is 0. The molecular formula is C5H2Cl2N4O. The van der Waals surface area contributed by atoms with Crippen molar-refractivity contribution in [3.8, 4) is 0 Å². The van der Waals surface area contributed by atoms with Crippen molar-refractivity contribution in [2.24, 2.45) is 0 Å². The van der Waals surface area contributed by atoms with Crippen LogP contribution in [0.1, 0.15) is 0 Å². The van der Waals surface area contributed by atoms with Crippen LogP contribution in [0, 0.1) is 0 Å². The summed E-state index contributed by atoms with van der Waals surface area (Å²) >= 11 is 11.1. The van der Waals surface area contributed by atoms with E-state index in [2.05, 4.69) is 19.9 Å². The van der Waals surface area contributed by atoms with Crippen LogP contribution in [0.15, 0.2) is 4.79 Å². The first-order valence-corrected chi connectivity index (χ1v) is 3.73. The second-order valence-electron chi connectivity index (χ2n) is 2.08. The summed E-state index contributed by atoms with van der Waals surface area (Å²) in [6, 6.07) is 0. The third-order valence-corrected chi connectivity index (χ3v) is 1.90. The van der Waals surface area contributed by atoms with E-state index in [0.717, 1.165) is 0 Å². The summed E-state index contributed by atoms with van der Waals surface area (Å²) < 4.78 is 0. The highest BCUT2D eigenvalue weighted by molar-refractivity contribution is 6.40. The number of aromatic amines is 2. The number of rotatable bonds is 0. The maximum Gasteiger partial charge on any atom is 0.326 e. The number of hydrogen-bond acceptors (Lipinski definition) is 3. The van der Waals surface area contributed by atoms with Crippen LogP contribution in [0.4, 0.5) is 0 Å². The molecule has 0 atom stereocenters. The predicted octanol–water partition coefficient (Wildman–Crippen LogP) is 0.953. The fourth-order valence-corrected chi connectivity index (χ4v) is 1.07. The molecule has 0 aliphatic rings. The predicted molar refractivity (Wildman–Crippen MR) is 44.5 cm³/mol. The first-order chi connectivity index (χ1) is 5.66. The molecule has 7 heteroatoms. The molecule has 2 rings (SSSR count). The fraction of sp³-hybridized carbons (Fsp3) is 0. The average molecular weight is 205 g/mol. The van der Waals surface area contributed by atoms with Gasteiger partial charge < -0.3 is 0 Å². The van der Waals surface area contributed by atoms with Gasteiger partial charge in [0.15, 0.2) is 21.6 Å². The van der Waals surface area contributed by atoms with Gasteiger partial charge in [-0.3, -0.25) is 9.97 Å². The van der Waals surface area contributed by atoms with Gasteiger partial charge in [0.2, 0.25) is 0 Å². The minimum absolute atomic E-state index is 0.0689. The molecule has 0 saturated carbocycles. The number of H-pyrrole nitrogens is 2. The van der Waals surface area contributed by atoms with E-state index in [9.17, 15) is 4.79 Å². The lowest BCUT2D eigenvalue weighted by Gasteiger charge is -1.91. The molecule has 0 amide bonds. The molecule has 2 N–H and O–H groups in total. The molecule has 2 heterocycles. The van der Waals surface area contributed by atoms with Gasteiger partial charge in [-0.2, -0.15) is 0 Å². The second-order valence-corrected chi connectivity index (χ2v) is 2.80. The maximum absolute atomic E-state index is 10.7. The Kier molecular flexibility index (Phi) is 1.55. The number of halogens is 2. The van der Waals surface area contributed by atoms with Crippen LogP contribution >= 0.6 is 23.2 Å².